The highest BCUT2D eigenvalue weighted by Crippen LogP contribution is 2.25. The second-order valence-electron chi connectivity index (χ2n) is 6.44. The molecule has 0 aromatic rings. The van der Waals surface area contributed by atoms with Crippen molar-refractivity contribution < 1.29 is 0 Å². The van der Waals surface area contributed by atoms with Gasteiger partial charge in [0.25, 0.3) is 0 Å². The molecule has 0 saturated carbocycles. The molecule has 0 aromatic carbocycles. The Morgan fingerprint density at radius 3 is 1.95 bits per heavy atom. The van der Waals surface area contributed by atoms with E-state index in [0.29, 0.717) is 0 Å². The third-order valence-electron chi connectivity index (χ3n) is 4.65. The molecule has 0 N–H and O–H groups in total. The average Bonchev–Trinajstić information content (AvgIpc) is 2.50. The zero-order valence-electron chi connectivity index (χ0n) is 13.2. The molecule has 0 aliphatic heterocycles. The van der Waals surface area contributed by atoms with E-state index >= 15 is 0 Å². The summed E-state index contributed by atoms with van der Waals surface area (Å²) in [5.41, 5.74) is 3.19. The first-order chi connectivity index (χ1) is 9.97. The van der Waals surface area contributed by atoms with E-state index in [-0.39, 0.29) is 0 Å². The maximum Gasteiger partial charge on any atom is -0.0271 e. The van der Waals surface area contributed by atoms with E-state index < -0.39 is 0 Å². The topological polar surface area (TPSA) is 0 Å². The Balaban J connectivity index is 2.03. The lowest BCUT2D eigenvalue weighted by Gasteiger charge is -2.13. The van der Waals surface area contributed by atoms with Crippen molar-refractivity contribution >= 4 is 0 Å². The lowest BCUT2D eigenvalue weighted by Crippen LogP contribution is -1.93. The number of hydrogen-bond donors (Lipinski definition) is 0. The lowest BCUT2D eigenvalue weighted by atomic mass is 9.93. The molecule has 2 aliphatic rings. The zero-order valence-corrected chi connectivity index (χ0v) is 13.2. The summed E-state index contributed by atoms with van der Waals surface area (Å²) in [6.07, 6.45) is 29.1. The molecule has 0 fully saturated rings. The minimum Gasteiger partial charge on any atom is -0.0839 e. The van der Waals surface area contributed by atoms with Gasteiger partial charge >= 0.3 is 0 Å². The smallest absolute Gasteiger partial charge is 0.0271 e. The largest absolute Gasteiger partial charge is 0.0839 e. The van der Waals surface area contributed by atoms with Gasteiger partial charge < -0.3 is 0 Å². The minimum absolute atomic E-state index is 1.27. The van der Waals surface area contributed by atoms with Crippen molar-refractivity contribution in [1.82, 2.24) is 0 Å². The van der Waals surface area contributed by atoms with Crippen LogP contribution >= 0.6 is 0 Å². The van der Waals surface area contributed by atoms with Gasteiger partial charge in [0.15, 0.2) is 0 Å². The first-order valence-electron chi connectivity index (χ1n) is 9.03. The van der Waals surface area contributed by atoms with E-state index in [0.717, 1.165) is 0 Å². The molecule has 0 nitrogen and oxygen atoms in total. The zero-order chi connectivity index (χ0) is 13.9. The summed E-state index contributed by atoms with van der Waals surface area (Å²) in [6, 6.07) is 0. The van der Waals surface area contributed by atoms with E-state index in [4.69, 9.17) is 0 Å². The van der Waals surface area contributed by atoms with Crippen LogP contribution < -0.4 is 0 Å². The highest BCUT2D eigenvalue weighted by atomic mass is 14.1. The standard InChI is InChI=1S/C20H32/c1-3-7-11-15-19(16-12-8-4-1)20-17-13-9-5-2-6-10-14-18-20/h11,15-17H,1-10,12-14,18H2. The Morgan fingerprint density at radius 2 is 1.15 bits per heavy atom. The Kier molecular flexibility index (Phi) is 7.82. The van der Waals surface area contributed by atoms with Gasteiger partial charge in [-0.25, -0.2) is 0 Å². The van der Waals surface area contributed by atoms with Crippen LogP contribution in [0.4, 0.5) is 0 Å². The van der Waals surface area contributed by atoms with Crippen LogP contribution in [0.3, 0.4) is 0 Å². The molecule has 2 aliphatic carbocycles. The van der Waals surface area contributed by atoms with Crippen LogP contribution in [0.5, 0.6) is 0 Å². The van der Waals surface area contributed by atoms with E-state index in [2.05, 4.69) is 24.3 Å². The third kappa shape index (κ3) is 6.11. The summed E-state index contributed by atoms with van der Waals surface area (Å²) in [6.45, 7) is 0. The predicted octanol–water partition coefficient (Wildman–Crippen LogP) is 6.88. The fraction of sp³-hybridized carbons (Fsp3) is 0.700. The number of allylic oxidation sites excluding steroid dienone is 6. The Bertz CT molecular complexity index is 343. The van der Waals surface area contributed by atoms with Gasteiger partial charge in [0, 0.05) is 0 Å². The third-order valence-corrected chi connectivity index (χ3v) is 4.65. The predicted molar refractivity (Wildman–Crippen MR) is 89.9 cm³/mol. The summed E-state index contributed by atoms with van der Waals surface area (Å²) >= 11 is 0. The van der Waals surface area contributed by atoms with Gasteiger partial charge in [0.05, 0.1) is 0 Å². The number of hydrogen-bond acceptors (Lipinski definition) is 0. The second kappa shape index (κ2) is 10.0. The van der Waals surface area contributed by atoms with E-state index in [9.17, 15) is 0 Å². The molecule has 0 atom stereocenters. The van der Waals surface area contributed by atoms with E-state index in [1.807, 2.05) is 0 Å². The van der Waals surface area contributed by atoms with E-state index in [1.165, 1.54) is 89.9 Å². The molecule has 20 heavy (non-hydrogen) atoms. The first-order valence-corrected chi connectivity index (χ1v) is 9.03. The molecule has 0 spiro atoms. The molecule has 0 radical (unpaired) electrons. The SMILES string of the molecule is C1=CC(C2=CCCCCCCCC2)=CCCCCCC1. The molecule has 0 heterocycles. The van der Waals surface area contributed by atoms with Gasteiger partial charge in [-0.15, -0.1) is 0 Å². The lowest BCUT2D eigenvalue weighted by molar-refractivity contribution is 0.587. The normalized spacial score (nSPS) is 23.6. The van der Waals surface area contributed by atoms with Crippen LogP contribution in [0.1, 0.15) is 89.9 Å². The monoisotopic (exact) mass is 272 g/mol. The molecule has 0 heteroatoms. The van der Waals surface area contributed by atoms with Gasteiger partial charge in [-0.3, -0.25) is 0 Å². The van der Waals surface area contributed by atoms with Gasteiger partial charge in [0.1, 0.15) is 0 Å². The van der Waals surface area contributed by atoms with Crippen molar-refractivity contribution in [2.45, 2.75) is 89.9 Å². The summed E-state index contributed by atoms with van der Waals surface area (Å²) in [7, 11) is 0. The number of rotatable bonds is 1. The molecular weight excluding hydrogens is 240 g/mol. The molecule has 0 aromatic heterocycles. The summed E-state index contributed by atoms with van der Waals surface area (Å²) in [5, 5.41) is 0. The van der Waals surface area contributed by atoms with Gasteiger partial charge in [-0.05, 0) is 62.5 Å². The summed E-state index contributed by atoms with van der Waals surface area (Å²) < 4.78 is 0. The second-order valence-corrected chi connectivity index (χ2v) is 6.44. The minimum atomic E-state index is 1.27. The van der Waals surface area contributed by atoms with Gasteiger partial charge in [-0.1, -0.05) is 62.8 Å². The summed E-state index contributed by atoms with van der Waals surface area (Å²) in [5.74, 6) is 0. The van der Waals surface area contributed by atoms with Crippen molar-refractivity contribution in [2.75, 3.05) is 0 Å². The van der Waals surface area contributed by atoms with Crippen molar-refractivity contribution in [3.8, 4) is 0 Å². The van der Waals surface area contributed by atoms with Crippen LogP contribution in [0.25, 0.3) is 0 Å². The summed E-state index contributed by atoms with van der Waals surface area (Å²) in [4.78, 5) is 0. The molecule has 0 saturated heterocycles. The van der Waals surface area contributed by atoms with Crippen LogP contribution in [0, 0.1) is 0 Å². The fourth-order valence-electron chi connectivity index (χ4n) is 3.34. The van der Waals surface area contributed by atoms with Crippen molar-refractivity contribution in [1.29, 1.82) is 0 Å². The van der Waals surface area contributed by atoms with Gasteiger partial charge in [-0.2, -0.15) is 0 Å². The molecular formula is C20H32. The average molecular weight is 272 g/mol. The van der Waals surface area contributed by atoms with Gasteiger partial charge in [0.2, 0.25) is 0 Å². The fourth-order valence-corrected chi connectivity index (χ4v) is 3.34. The molecule has 0 amide bonds. The van der Waals surface area contributed by atoms with E-state index in [1.54, 1.807) is 11.1 Å². The maximum absolute atomic E-state index is 2.55. The van der Waals surface area contributed by atoms with Crippen molar-refractivity contribution in [3.05, 3.63) is 35.5 Å². The highest BCUT2D eigenvalue weighted by molar-refractivity contribution is 5.39. The van der Waals surface area contributed by atoms with Crippen molar-refractivity contribution in [3.63, 3.8) is 0 Å². The molecule has 0 unspecified atom stereocenters. The Morgan fingerprint density at radius 1 is 0.550 bits per heavy atom. The van der Waals surface area contributed by atoms with Crippen LogP contribution in [-0.4, -0.2) is 0 Å². The van der Waals surface area contributed by atoms with Crippen molar-refractivity contribution in [2.24, 2.45) is 0 Å². The first kappa shape index (κ1) is 15.6. The molecule has 2 rings (SSSR count). The highest BCUT2D eigenvalue weighted by Gasteiger charge is 2.05. The quantitative estimate of drug-likeness (QED) is 0.488. The maximum atomic E-state index is 2.55. The molecule has 112 valence electrons. The van der Waals surface area contributed by atoms with Crippen LogP contribution in [-0.2, 0) is 0 Å². The van der Waals surface area contributed by atoms with Crippen LogP contribution in [0.2, 0.25) is 0 Å². The Hall–Kier alpha value is -0.780. The molecule has 0 bridgehead atoms. The van der Waals surface area contributed by atoms with Crippen LogP contribution in [0.15, 0.2) is 35.5 Å². The Labute approximate surface area is 126 Å².